The van der Waals surface area contributed by atoms with Gasteiger partial charge in [0.05, 0.1) is 11.5 Å². The van der Waals surface area contributed by atoms with Crippen LogP contribution in [0, 0.1) is 0 Å². The topological polar surface area (TPSA) is 53.0 Å². The fourth-order valence-corrected chi connectivity index (χ4v) is 1.31. The number of hydrogen-bond donors (Lipinski definition) is 0. The number of carboxylic acid groups (broad SMARTS) is 1. The maximum Gasteiger partial charge on any atom is 1.00 e. The number of nitrogens with zero attached hydrogens (tertiary/aromatic N) is 1. The van der Waals surface area contributed by atoms with E-state index in [0.29, 0.717) is 0 Å². The zero-order valence-corrected chi connectivity index (χ0v) is 9.41. The number of hydrogen-bond acceptors (Lipinski definition) is 3. The normalized spacial score (nSPS) is 12.7. The second-order valence-corrected chi connectivity index (χ2v) is 3.25. The molecule has 88 valence electrons. The van der Waals surface area contributed by atoms with Crippen LogP contribution < -0.4 is 24.0 Å². The molecule has 1 aromatic heterocycles. The van der Waals surface area contributed by atoms with Crippen molar-refractivity contribution in [3.8, 4) is 0 Å². The van der Waals surface area contributed by atoms with Crippen LogP contribution in [0.25, 0.3) is 0 Å². The van der Waals surface area contributed by atoms with Crippen LogP contribution in [-0.4, -0.2) is 11.0 Å². The van der Waals surface area contributed by atoms with Gasteiger partial charge in [-0.05, 0) is 18.6 Å². The Morgan fingerprint density at radius 3 is 2.53 bits per heavy atom. The molecular formula is C10H9F3LiNO2. The third-order valence-corrected chi connectivity index (χ3v) is 2.16. The predicted octanol–water partition coefficient (Wildman–Crippen LogP) is -1.65. The van der Waals surface area contributed by atoms with Gasteiger partial charge in [0, 0.05) is 17.8 Å². The van der Waals surface area contributed by atoms with Gasteiger partial charge in [0.15, 0.2) is 0 Å². The number of aromatic nitrogens is 1. The molecule has 0 aliphatic carbocycles. The van der Waals surface area contributed by atoms with Gasteiger partial charge in [-0.1, -0.05) is 6.92 Å². The molecule has 3 nitrogen and oxygen atoms in total. The fraction of sp³-hybridized carbons (Fsp3) is 0.400. The summed E-state index contributed by atoms with van der Waals surface area (Å²) >= 11 is 0. The van der Waals surface area contributed by atoms with E-state index in [1.54, 1.807) is 6.92 Å². The third-order valence-electron chi connectivity index (χ3n) is 2.16. The molecule has 0 saturated heterocycles. The van der Waals surface area contributed by atoms with Crippen LogP contribution in [0.4, 0.5) is 13.2 Å². The number of carbonyl (C=O) groups is 1. The molecule has 0 aromatic carbocycles. The Morgan fingerprint density at radius 1 is 1.53 bits per heavy atom. The van der Waals surface area contributed by atoms with Crippen molar-refractivity contribution in [3.63, 3.8) is 0 Å². The minimum Gasteiger partial charge on any atom is -0.549 e. The number of carbonyl (C=O) groups excluding carboxylic acids is 1. The minimum atomic E-state index is -4.50. The fourth-order valence-electron chi connectivity index (χ4n) is 1.31. The summed E-state index contributed by atoms with van der Waals surface area (Å²) in [6.07, 6.45) is -3.41. The van der Waals surface area contributed by atoms with Crippen molar-refractivity contribution in [1.82, 2.24) is 4.98 Å². The molecule has 1 aromatic rings. The number of aliphatic carboxylic acids is 1. The number of carboxylic acids is 1. The second-order valence-electron chi connectivity index (χ2n) is 3.25. The first-order valence-electron chi connectivity index (χ1n) is 4.60. The molecule has 1 atom stereocenters. The maximum absolute atomic E-state index is 12.3. The third kappa shape index (κ3) is 4.06. The first kappa shape index (κ1) is 16.0. The molecule has 17 heavy (non-hydrogen) atoms. The zero-order chi connectivity index (χ0) is 12.3. The summed E-state index contributed by atoms with van der Waals surface area (Å²) in [5.74, 6) is -2.53. The van der Waals surface area contributed by atoms with Crippen LogP contribution >= 0.6 is 0 Å². The van der Waals surface area contributed by atoms with E-state index in [1.165, 1.54) is 0 Å². The first-order valence-corrected chi connectivity index (χ1v) is 4.60. The number of rotatable bonds is 3. The summed E-state index contributed by atoms with van der Waals surface area (Å²) in [4.78, 5) is 14.3. The van der Waals surface area contributed by atoms with Gasteiger partial charge < -0.3 is 9.90 Å². The van der Waals surface area contributed by atoms with Crippen molar-refractivity contribution < 1.29 is 41.9 Å². The van der Waals surface area contributed by atoms with Crippen LogP contribution in [0.3, 0.4) is 0 Å². The van der Waals surface area contributed by atoms with E-state index in [4.69, 9.17) is 0 Å². The Bertz CT molecular complexity index is 395. The Kier molecular flexibility index (Phi) is 5.72. The van der Waals surface area contributed by atoms with Gasteiger partial charge in [-0.3, -0.25) is 4.98 Å². The molecule has 0 aliphatic heterocycles. The molecule has 0 bridgehead atoms. The number of halogens is 3. The quantitative estimate of drug-likeness (QED) is 0.594. The van der Waals surface area contributed by atoms with Crippen molar-refractivity contribution >= 4 is 5.97 Å². The van der Waals surface area contributed by atoms with E-state index in [2.05, 4.69) is 4.98 Å². The van der Waals surface area contributed by atoms with Crippen LogP contribution in [0.2, 0.25) is 0 Å². The van der Waals surface area contributed by atoms with E-state index in [-0.39, 0.29) is 31.0 Å². The smallest absolute Gasteiger partial charge is 0.549 e. The minimum absolute atomic E-state index is 0. The van der Waals surface area contributed by atoms with Gasteiger partial charge in [0.2, 0.25) is 0 Å². The first-order chi connectivity index (χ1) is 7.36. The molecule has 7 heteroatoms. The van der Waals surface area contributed by atoms with Gasteiger partial charge >= 0.3 is 25.0 Å². The number of alkyl halides is 3. The van der Waals surface area contributed by atoms with Gasteiger partial charge in [-0.25, -0.2) is 0 Å². The van der Waals surface area contributed by atoms with E-state index >= 15 is 0 Å². The van der Waals surface area contributed by atoms with Crippen LogP contribution in [0.1, 0.15) is 30.5 Å². The Morgan fingerprint density at radius 2 is 2.12 bits per heavy atom. The molecule has 1 heterocycles. The van der Waals surface area contributed by atoms with Crippen molar-refractivity contribution in [1.29, 1.82) is 0 Å². The summed E-state index contributed by atoms with van der Waals surface area (Å²) in [5, 5.41) is 10.7. The van der Waals surface area contributed by atoms with Crippen LogP contribution in [0.15, 0.2) is 18.3 Å². The average molecular weight is 239 g/mol. The van der Waals surface area contributed by atoms with E-state index in [9.17, 15) is 23.1 Å². The van der Waals surface area contributed by atoms with Gasteiger partial charge in [0.1, 0.15) is 0 Å². The molecule has 0 radical (unpaired) electrons. The monoisotopic (exact) mass is 239 g/mol. The van der Waals surface area contributed by atoms with Gasteiger partial charge in [-0.15, -0.1) is 0 Å². The Hall–Kier alpha value is -0.993. The molecular weight excluding hydrogens is 230 g/mol. The average Bonchev–Trinajstić information content (AvgIpc) is 2.17. The van der Waals surface area contributed by atoms with Crippen molar-refractivity contribution in [3.05, 3.63) is 29.6 Å². The molecule has 0 saturated carbocycles. The Balaban J connectivity index is 0.00000256. The van der Waals surface area contributed by atoms with Gasteiger partial charge in [0.25, 0.3) is 0 Å². The summed E-state index contributed by atoms with van der Waals surface area (Å²) in [7, 11) is 0. The molecule has 0 spiro atoms. The second kappa shape index (κ2) is 6.08. The van der Waals surface area contributed by atoms with E-state index < -0.39 is 23.6 Å². The summed E-state index contributed by atoms with van der Waals surface area (Å²) < 4.78 is 37.0. The molecule has 0 amide bonds. The Labute approximate surface area is 108 Å². The SMILES string of the molecule is CCC(C(=O)[O-])c1cc(C(F)(F)F)ccn1.[Li+]. The standard InChI is InChI=1S/C10H10F3NO2.Li/c1-2-7(9(15)16)8-5-6(3-4-14-8)10(11,12)13;/h3-5,7H,2H2,1H3,(H,15,16);/q;+1/p-1. The van der Waals surface area contributed by atoms with Crippen molar-refractivity contribution in [2.45, 2.75) is 25.4 Å². The molecule has 0 N–H and O–H groups in total. The molecule has 0 aliphatic rings. The molecule has 1 rings (SSSR count). The van der Waals surface area contributed by atoms with E-state index in [1.807, 2.05) is 0 Å². The summed E-state index contributed by atoms with van der Waals surface area (Å²) in [5.41, 5.74) is -1.03. The number of pyridine rings is 1. The predicted molar refractivity (Wildman–Crippen MR) is 47.3 cm³/mol. The summed E-state index contributed by atoms with van der Waals surface area (Å²) in [6.45, 7) is 1.54. The largest absolute Gasteiger partial charge is 1.00 e. The van der Waals surface area contributed by atoms with E-state index in [0.717, 1.165) is 18.3 Å². The molecule has 0 fully saturated rings. The summed E-state index contributed by atoms with van der Waals surface area (Å²) in [6, 6.07) is 1.54. The van der Waals surface area contributed by atoms with Crippen LogP contribution in [-0.2, 0) is 11.0 Å². The molecule has 1 unspecified atom stereocenters. The maximum atomic E-state index is 12.3. The van der Waals surface area contributed by atoms with Crippen molar-refractivity contribution in [2.75, 3.05) is 0 Å². The van der Waals surface area contributed by atoms with Crippen LogP contribution in [0.5, 0.6) is 0 Å². The van der Waals surface area contributed by atoms with Gasteiger partial charge in [-0.2, -0.15) is 13.2 Å². The zero-order valence-electron chi connectivity index (χ0n) is 9.41. The van der Waals surface area contributed by atoms with Crippen molar-refractivity contribution in [2.24, 2.45) is 0 Å².